The largest absolute Gasteiger partial charge is 0.255 e. The third kappa shape index (κ3) is 5.14. The van der Waals surface area contributed by atoms with Gasteiger partial charge in [0.2, 0.25) is 0 Å². The van der Waals surface area contributed by atoms with Crippen LogP contribution in [0.1, 0.15) is 11.3 Å². The first-order valence-corrected chi connectivity index (χ1v) is 19.7. The Bertz CT molecular complexity index is 3200. The van der Waals surface area contributed by atoms with Crippen molar-refractivity contribution < 1.29 is 0 Å². The van der Waals surface area contributed by atoms with Gasteiger partial charge in [0.1, 0.15) is 0 Å². The zero-order valence-corrected chi connectivity index (χ0v) is 31.3. The van der Waals surface area contributed by atoms with Gasteiger partial charge < -0.3 is 0 Å². The first-order valence-electron chi connectivity index (χ1n) is 19.7. The number of allylic oxidation sites excluding steroid dienone is 14. The van der Waals surface area contributed by atoms with Gasteiger partial charge in [-0.25, -0.2) is 15.0 Å². The predicted octanol–water partition coefficient (Wildman–Crippen LogP) is 12.1. The number of aromatic nitrogens is 5. The van der Waals surface area contributed by atoms with E-state index in [0.717, 1.165) is 72.3 Å². The molecule has 4 aliphatic carbocycles. The van der Waals surface area contributed by atoms with E-state index < -0.39 is 0 Å². The molecule has 5 nitrogen and oxygen atoms in total. The number of benzene rings is 3. The fourth-order valence-corrected chi connectivity index (χ4v) is 9.35. The quantitative estimate of drug-likeness (QED) is 0.130. The number of pyridine rings is 5. The molecule has 8 aromatic rings. The van der Waals surface area contributed by atoms with E-state index in [1.54, 1.807) is 0 Å². The summed E-state index contributed by atoms with van der Waals surface area (Å²) in [4.78, 5) is 25.2. The van der Waals surface area contributed by atoms with E-state index in [1.165, 1.54) is 39.0 Å². The molecule has 58 heavy (non-hydrogen) atoms. The van der Waals surface area contributed by atoms with Gasteiger partial charge in [0, 0.05) is 51.5 Å². The maximum atomic E-state index is 5.48. The summed E-state index contributed by atoms with van der Waals surface area (Å²) >= 11 is 0. The van der Waals surface area contributed by atoms with Gasteiger partial charge in [-0.05, 0) is 87.5 Å². The van der Waals surface area contributed by atoms with Crippen LogP contribution in [-0.2, 0) is 0 Å². The van der Waals surface area contributed by atoms with E-state index in [9.17, 15) is 0 Å². The van der Waals surface area contributed by atoms with E-state index in [0.29, 0.717) is 0 Å². The van der Waals surface area contributed by atoms with Gasteiger partial charge in [-0.3, -0.25) is 9.97 Å². The molecule has 0 spiro atoms. The van der Waals surface area contributed by atoms with Crippen LogP contribution >= 0.6 is 0 Å². The molecule has 12 rings (SSSR count). The van der Waals surface area contributed by atoms with Crippen LogP contribution in [0.2, 0.25) is 0 Å². The van der Waals surface area contributed by atoms with Crippen LogP contribution in [-0.4, -0.2) is 24.9 Å². The fraction of sp³-hybridized carbons (Fsp3) is 0.0377. The van der Waals surface area contributed by atoms with Gasteiger partial charge in [0.15, 0.2) is 0 Å². The second-order valence-electron chi connectivity index (χ2n) is 15.2. The summed E-state index contributed by atoms with van der Waals surface area (Å²) in [5, 5.41) is 3.32. The van der Waals surface area contributed by atoms with E-state index >= 15 is 0 Å². The molecule has 2 atom stereocenters. The maximum absolute atomic E-state index is 5.48. The van der Waals surface area contributed by atoms with Crippen LogP contribution in [0.25, 0.3) is 77.8 Å². The van der Waals surface area contributed by atoms with Crippen molar-refractivity contribution in [3.05, 3.63) is 222 Å². The molecule has 5 heteroatoms. The molecular weight excluding hydrogens is 707 g/mol. The van der Waals surface area contributed by atoms with Gasteiger partial charge >= 0.3 is 0 Å². The van der Waals surface area contributed by atoms with Gasteiger partial charge in [0.25, 0.3) is 0 Å². The second-order valence-corrected chi connectivity index (χ2v) is 15.2. The number of hydrogen-bond acceptors (Lipinski definition) is 5. The van der Waals surface area contributed by atoms with Crippen LogP contribution in [0.5, 0.6) is 0 Å². The smallest absolute Gasteiger partial charge is 0.0978 e. The summed E-state index contributed by atoms with van der Waals surface area (Å²) in [5.74, 6) is 0.316. The Morgan fingerprint density at radius 1 is 0.431 bits per heavy atom. The minimum absolute atomic E-state index is 0.157. The van der Waals surface area contributed by atoms with E-state index in [4.69, 9.17) is 15.0 Å². The molecule has 0 saturated carbocycles. The van der Waals surface area contributed by atoms with Gasteiger partial charge in [-0.15, -0.1) is 0 Å². The molecule has 0 N–H and O–H groups in total. The second kappa shape index (κ2) is 13.0. The first-order chi connectivity index (χ1) is 28.7. The molecule has 0 aliphatic heterocycles. The highest BCUT2D eigenvalue weighted by Crippen LogP contribution is 2.54. The van der Waals surface area contributed by atoms with Crippen molar-refractivity contribution in [3.8, 4) is 33.9 Å². The molecule has 0 bridgehead atoms. The van der Waals surface area contributed by atoms with Gasteiger partial charge in [-0.1, -0.05) is 127 Å². The molecule has 5 heterocycles. The normalized spacial score (nSPS) is 17.9. The van der Waals surface area contributed by atoms with Crippen molar-refractivity contribution >= 4 is 43.9 Å². The standard InChI is InChI=1S/C53H33N5/c1-2-10-32(11-3-1)49-41-12-4-5-13-43(41)58-53-42(49)26-20-35-21-27-44(57-52(35)53)38-23-17-34-18-24-39-37(22-16-33-19-25-40(38)51(34)50(33)39)36-30-47(45-14-6-8-28-54-45)56-48(31-36)46-15-7-9-29-55-46/h1-31,50-51H. The monoisotopic (exact) mass is 739 g/mol. The minimum Gasteiger partial charge on any atom is -0.255 e. The van der Waals surface area contributed by atoms with Crippen molar-refractivity contribution in [1.29, 1.82) is 0 Å². The van der Waals surface area contributed by atoms with E-state index in [-0.39, 0.29) is 11.8 Å². The fourth-order valence-electron chi connectivity index (χ4n) is 9.35. The molecule has 0 fully saturated rings. The average molecular weight is 740 g/mol. The lowest BCUT2D eigenvalue weighted by atomic mass is 9.61. The maximum Gasteiger partial charge on any atom is 0.0978 e. The van der Waals surface area contributed by atoms with Crippen LogP contribution < -0.4 is 0 Å². The summed E-state index contributed by atoms with van der Waals surface area (Å²) in [5.41, 5.74) is 18.1. The first kappa shape index (κ1) is 32.6. The van der Waals surface area contributed by atoms with Gasteiger partial charge in [0.05, 0.1) is 45.0 Å². The highest BCUT2D eigenvalue weighted by molar-refractivity contribution is 6.16. The van der Waals surface area contributed by atoms with Crippen molar-refractivity contribution in [3.63, 3.8) is 0 Å². The summed E-state index contributed by atoms with van der Waals surface area (Å²) in [6, 6.07) is 44.1. The average Bonchev–Trinajstić information content (AvgIpc) is 3.30. The number of para-hydroxylation sites is 1. The SMILES string of the molecule is C1=CC2=C(c3ccc4ccc5c(-c6ccccc6)c6ccccc6nc5c4n3)C=CC3=CC=C4C(c5cc(-c6ccccn6)nc(-c6ccccn6)c5)=CC=C1C4C32. The lowest BCUT2D eigenvalue weighted by Gasteiger charge is -2.42. The Morgan fingerprint density at radius 2 is 1.14 bits per heavy atom. The Hall–Kier alpha value is -7.63. The molecule has 270 valence electrons. The molecule has 0 radical (unpaired) electrons. The van der Waals surface area contributed by atoms with Crippen LogP contribution in [0.15, 0.2) is 211 Å². The molecule has 0 amide bonds. The number of nitrogens with zero attached hydrogens (tertiary/aromatic N) is 5. The molecule has 5 aromatic heterocycles. The van der Waals surface area contributed by atoms with E-state index in [1.807, 2.05) is 48.8 Å². The number of hydrogen-bond donors (Lipinski definition) is 0. The highest BCUT2D eigenvalue weighted by atomic mass is 14.8. The summed E-state index contributed by atoms with van der Waals surface area (Å²) in [7, 11) is 0. The molecule has 0 saturated heterocycles. The van der Waals surface area contributed by atoms with Crippen molar-refractivity contribution in [1.82, 2.24) is 24.9 Å². The Kier molecular flexibility index (Phi) is 7.29. The van der Waals surface area contributed by atoms with Gasteiger partial charge in [-0.2, -0.15) is 0 Å². The Balaban J connectivity index is 0.990. The Labute approximate surface area is 335 Å². The number of fused-ring (bicyclic) bond motifs is 4. The predicted molar refractivity (Wildman–Crippen MR) is 235 cm³/mol. The van der Waals surface area contributed by atoms with Crippen LogP contribution in [0, 0.1) is 11.8 Å². The molecule has 4 aliphatic rings. The summed E-state index contributed by atoms with van der Waals surface area (Å²) in [6.07, 6.45) is 22.0. The summed E-state index contributed by atoms with van der Waals surface area (Å²) < 4.78 is 0. The lowest BCUT2D eigenvalue weighted by Crippen LogP contribution is -2.30. The molecular formula is C53H33N5. The highest BCUT2D eigenvalue weighted by Gasteiger charge is 2.41. The topological polar surface area (TPSA) is 64.5 Å². The lowest BCUT2D eigenvalue weighted by molar-refractivity contribution is 0.569. The van der Waals surface area contributed by atoms with Crippen molar-refractivity contribution in [2.75, 3.05) is 0 Å². The third-order valence-electron chi connectivity index (χ3n) is 12.0. The summed E-state index contributed by atoms with van der Waals surface area (Å²) in [6.45, 7) is 0. The molecule has 3 aromatic carbocycles. The minimum atomic E-state index is 0.157. The number of rotatable bonds is 5. The Morgan fingerprint density at radius 3 is 1.93 bits per heavy atom. The van der Waals surface area contributed by atoms with Crippen LogP contribution in [0.4, 0.5) is 0 Å². The van der Waals surface area contributed by atoms with Crippen molar-refractivity contribution in [2.24, 2.45) is 11.8 Å². The van der Waals surface area contributed by atoms with E-state index in [2.05, 4.69) is 150 Å². The van der Waals surface area contributed by atoms with Crippen LogP contribution in [0.3, 0.4) is 0 Å². The zero-order valence-electron chi connectivity index (χ0n) is 31.3. The third-order valence-corrected chi connectivity index (χ3v) is 12.0. The van der Waals surface area contributed by atoms with Crippen molar-refractivity contribution in [2.45, 2.75) is 0 Å². The zero-order chi connectivity index (χ0) is 38.2. The molecule has 2 unspecified atom stereocenters.